The van der Waals surface area contributed by atoms with E-state index < -0.39 is 0 Å². The summed E-state index contributed by atoms with van der Waals surface area (Å²) in [4.78, 5) is 0. The molecule has 0 saturated heterocycles. The number of rotatable bonds is 43. The summed E-state index contributed by atoms with van der Waals surface area (Å²) in [5.41, 5.74) is 12.2. The van der Waals surface area contributed by atoms with Crippen molar-refractivity contribution < 1.29 is 8.97 Å². The van der Waals surface area contributed by atoms with Gasteiger partial charge >= 0.3 is 0 Å². The minimum atomic E-state index is 0.815. The van der Waals surface area contributed by atoms with Gasteiger partial charge in [0.2, 0.25) is 0 Å². The highest BCUT2D eigenvalue weighted by molar-refractivity contribution is 4.54. The summed E-state index contributed by atoms with van der Waals surface area (Å²) in [5, 5.41) is 0. The standard InChI is InChI=1S/C46H100N4/c1-5-7-9-11-13-15-17-19-21-23-25-27-29-31-33-35-41-49(3,45-39-47)43-37-38-44-50(4,46-40-48)42-36-34-32-30-28-26-24-22-20-18-16-14-12-10-8-6-2/h5-48H2,1-4H3/q+2. The normalized spacial score (nSPS) is 14.3. The minimum Gasteiger partial charge on any atom is -0.326 e. The summed E-state index contributed by atoms with van der Waals surface area (Å²) >= 11 is 0. The van der Waals surface area contributed by atoms with Crippen LogP contribution in [0.3, 0.4) is 0 Å². The molecule has 0 fully saturated rings. The molecule has 2 atom stereocenters. The fourth-order valence-electron chi connectivity index (χ4n) is 8.36. The fraction of sp³-hybridized carbons (Fsp3) is 1.00. The SMILES string of the molecule is CCCCCCCCCCCCCCCCCC[N+](C)(CCN)CCCC[N+](C)(CCN)CCCCCCCCCCCCCCCCCC. The average Bonchev–Trinajstić information content (AvgIpc) is 3.10. The number of nitrogens with zero attached hydrogens (tertiary/aromatic N) is 2. The van der Waals surface area contributed by atoms with E-state index in [0.29, 0.717) is 0 Å². The Hall–Kier alpha value is -0.160. The van der Waals surface area contributed by atoms with Gasteiger partial charge in [-0.05, 0) is 25.7 Å². The first-order valence-electron chi connectivity index (χ1n) is 23.5. The van der Waals surface area contributed by atoms with E-state index in [1.165, 1.54) is 253 Å². The second-order valence-electron chi connectivity index (χ2n) is 17.5. The van der Waals surface area contributed by atoms with Crippen LogP contribution < -0.4 is 11.5 Å². The molecule has 50 heavy (non-hydrogen) atoms. The van der Waals surface area contributed by atoms with E-state index in [1.807, 2.05) is 0 Å². The lowest BCUT2D eigenvalue weighted by Crippen LogP contribution is -2.50. The van der Waals surface area contributed by atoms with E-state index in [1.54, 1.807) is 0 Å². The fourth-order valence-corrected chi connectivity index (χ4v) is 8.36. The molecule has 0 aliphatic rings. The van der Waals surface area contributed by atoms with E-state index >= 15 is 0 Å². The van der Waals surface area contributed by atoms with E-state index in [9.17, 15) is 0 Å². The molecule has 0 saturated carbocycles. The van der Waals surface area contributed by atoms with Gasteiger partial charge in [-0.15, -0.1) is 0 Å². The zero-order chi connectivity index (χ0) is 36.7. The van der Waals surface area contributed by atoms with Crippen molar-refractivity contribution in [3.63, 3.8) is 0 Å². The van der Waals surface area contributed by atoms with Crippen LogP contribution in [0.5, 0.6) is 0 Å². The van der Waals surface area contributed by atoms with Gasteiger partial charge in [0.1, 0.15) is 0 Å². The molecule has 0 amide bonds. The van der Waals surface area contributed by atoms with Gasteiger partial charge in [0.25, 0.3) is 0 Å². The van der Waals surface area contributed by atoms with Crippen LogP contribution in [0.4, 0.5) is 0 Å². The maximum absolute atomic E-state index is 6.11. The van der Waals surface area contributed by atoms with E-state index in [4.69, 9.17) is 11.5 Å². The van der Waals surface area contributed by atoms with Crippen LogP contribution in [0.15, 0.2) is 0 Å². The Morgan fingerprint density at radius 3 is 0.580 bits per heavy atom. The molecule has 2 unspecified atom stereocenters. The molecule has 0 bridgehead atoms. The summed E-state index contributed by atoms with van der Waals surface area (Å²) in [7, 11) is 4.95. The third-order valence-electron chi connectivity index (χ3n) is 12.1. The van der Waals surface area contributed by atoms with Crippen molar-refractivity contribution in [2.45, 2.75) is 232 Å². The van der Waals surface area contributed by atoms with E-state index in [2.05, 4.69) is 27.9 Å². The number of hydrogen-bond acceptors (Lipinski definition) is 2. The number of likely N-dealkylation sites (N-methyl/N-ethyl adjacent to an activating group) is 2. The third-order valence-corrected chi connectivity index (χ3v) is 12.1. The second kappa shape index (κ2) is 38.6. The Bertz CT molecular complexity index is 588. The summed E-state index contributed by atoms with van der Waals surface area (Å²) < 4.78 is 2.35. The Labute approximate surface area is 318 Å². The van der Waals surface area contributed by atoms with Crippen LogP contribution in [-0.2, 0) is 0 Å². The smallest absolute Gasteiger partial charge is 0.0909 e. The lowest BCUT2D eigenvalue weighted by molar-refractivity contribution is -0.914. The van der Waals surface area contributed by atoms with Crippen molar-refractivity contribution in [2.75, 3.05) is 66.5 Å². The molecule has 302 valence electrons. The lowest BCUT2D eigenvalue weighted by atomic mass is 10.0. The molecule has 0 aromatic heterocycles. The van der Waals surface area contributed by atoms with Crippen molar-refractivity contribution in [1.82, 2.24) is 0 Å². The molecular formula is C46H100N4+2. The first kappa shape index (κ1) is 49.8. The topological polar surface area (TPSA) is 52.0 Å². The van der Waals surface area contributed by atoms with Gasteiger partial charge < -0.3 is 20.4 Å². The van der Waals surface area contributed by atoms with Crippen molar-refractivity contribution in [2.24, 2.45) is 11.5 Å². The highest BCUT2D eigenvalue weighted by atomic mass is 15.3. The van der Waals surface area contributed by atoms with Gasteiger partial charge in [0, 0.05) is 25.9 Å². The highest BCUT2D eigenvalue weighted by Gasteiger charge is 2.23. The number of nitrogens with two attached hydrogens (primary N) is 2. The predicted octanol–water partition coefficient (Wildman–Crippen LogP) is 13.1. The van der Waals surface area contributed by atoms with Gasteiger partial charge in [-0.25, -0.2) is 0 Å². The molecule has 4 heteroatoms. The molecule has 0 heterocycles. The summed E-state index contributed by atoms with van der Waals surface area (Å²) in [6.45, 7) is 13.7. The Kier molecular flexibility index (Phi) is 38.4. The summed E-state index contributed by atoms with van der Waals surface area (Å²) in [5.74, 6) is 0. The summed E-state index contributed by atoms with van der Waals surface area (Å²) in [6, 6.07) is 0. The highest BCUT2D eigenvalue weighted by Crippen LogP contribution is 2.17. The molecule has 0 aliphatic heterocycles. The maximum atomic E-state index is 6.11. The first-order chi connectivity index (χ1) is 24.4. The third kappa shape index (κ3) is 34.9. The minimum absolute atomic E-state index is 0.815. The Balaban J connectivity index is 3.88. The molecular weight excluding hydrogens is 609 g/mol. The quantitative estimate of drug-likeness (QED) is 0.0489. The lowest BCUT2D eigenvalue weighted by Gasteiger charge is -2.36. The molecule has 0 aromatic rings. The van der Waals surface area contributed by atoms with Crippen molar-refractivity contribution in [3.8, 4) is 0 Å². The molecule has 0 radical (unpaired) electrons. The van der Waals surface area contributed by atoms with Gasteiger partial charge in [0.05, 0.1) is 53.4 Å². The zero-order valence-corrected chi connectivity index (χ0v) is 35.7. The van der Waals surface area contributed by atoms with Gasteiger partial charge in [-0.1, -0.05) is 194 Å². The Morgan fingerprint density at radius 2 is 0.400 bits per heavy atom. The van der Waals surface area contributed by atoms with Crippen molar-refractivity contribution in [3.05, 3.63) is 0 Å². The van der Waals surface area contributed by atoms with Crippen LogP contribution in [0, 0.1) is 0 Å². The molecule has 4 nitrogen and oxygen atoms in total. The van der Waals surface area contributed by atoms with Gasteiger partial charge in [-0.3, -0.25) is 0 Å². The van der Waals surface area contributed by atoms with Gasteiger partial charge in [0.15, 0.2) is 0 Å². The van der Waals surface area contributed by atoms with E-state index in [-0.39, 0.29) is 0 Å². The van der Waals surface area contributed by atoms with Crippen LogP contribution in [0.1, 0.15) is 232 Å². The predicted molar refractivity (Wildman–Crippen MR) is 228 cm³/mol. The average molecular weight is 709 g/mol. The molecule has 0 aromatic carbocycles. The molecule has 0 rings (SSSR count). The number of quaternary nitrogens is 2. The Morgan fingerprint density at radius 1 is 0.240 bits per heavy atom. The zero-order valence-electron chi connectivity index (χ0n) is 35.7. The van der Waals surface area contributed by atoms with E-state index in [0.717, 1.165) is 26.2 Å². The van der Waals surface area contributed by atoms with Crippen LogP contribution in [0.25, 0.3) is 0 Å². The maximum Gasteiger partial charge on any atom is 0.0909 e. The van der Waals surface area contributed by atoms with Gasteiger partial charge in [-0.2, -0.15) is 0 Å². The molecule has 0 aliphatic carbocycles. The number of unbranched alkanes of at least 4 members (excludes halogenated alkanes) is 31. The van der Waals surface area contributed by atoms with Crippen LogP contribution >= 0.6 is 0 Å². The molecule has 0 spiro atoms. The first-order valence-corrected chi connectivity index (χ1v) is 23.5. The van der Waals surface area contributed by atoms with Crippen molar-refractivity contribution >= 4 is 0 Å². The summed E-state index contributed by atoms with van der Waals surface area (Å²) in [6.07, 6.45) is 48.8. The monoisotopic (exact) mass is 709 g/mol. The van der Waals surface area contributed by atoms with Crippen molar-refractivity contribution in [1.29, 1.82) is 0 Å². The second-order valence-corrected chi connectivity index (χ2v) is 17.5. The molecule has 4 N–H and O–H groups in total. The number of hydrogen-bond donors (Lipinski definition) is 2. The van der Waals surface area contributed by atoms with Crippen LogP contribution in [-0.4, -0.2) is 75.4 Å². The largest absolute Gasteiger partial charge is 0.326 e. The van der Waals surface area contributed by atoms with Crippen LogP contribution in [0.2, 0.25) is 0 Å².